The van der Waals surface area contributed by atoms with E-state index in [4.69, 9.17) is 4.52 Å². The summed E-state index contributed by atoms with van der Waals surface area (Å²) in [5, 5.41) is 7.11. The quantitative estimate of drug-likeness (QED) is 0.668. The second-order valence-corrected chi connectivity index (χ2v) is 6.39. The van der Waals surface area contributed by atoms with Gasteiger partial charge in [0.25, 0.3) is 5.56 Å². The monoisotopic (exact) mass is 368 g/mol. The molecular formula is C19H17FN4O3. The molecule has 8 heteroatoms. The maximum atomic E-state index is 13.2. The third kappa shape index (κ3) is 3.70. The number of nitrogens with zero attached hydrogens (tertiary/aromatic N) is 2. The lowest BCUT2D eigenvalue weighted by molar-refractivity contribution is 0.0979. The van der Waals surface area contributed by atoms with E-state index in [0.29, 0.717) is 17.7 Å². The van der Waals surface area contributed by atoms with Crippen molar-refractivity contribution in [1.82, 2.24) is 20.4 Å². The van der Waals surface area contributed by atoms with Gasteiger partial charge in [-0.3, -0.25) is 9.59 Å². The summed E-state index contributed by atoms with van der Waals surface area (Å²) in [7, 11) is 0. The standard InChI is InChI=1S/C19H17FN4O3/c20-13-3-1-2-11(8-13)16(25)4-5-17-23-18(24-27-17)14-9-12-10-21-7-6-15(12)22-19(14)26/h1-3,8-9,21H,4-7,10H2,(H,22,26). The van der Waals surface area contributed by atoms with Crippen molar-refractivity contribution in [2.45, 2.75) is 25.8 Å². The van der Waals surface area contributed by atoms with Gasteiger partial charge in [0.15, 0.2) is 5.78 Å². The van der Waals surface area contributed by atoms with Gasteiger partial charge in [-0.15, -0.1) is 0 Å². The van der Waals surface area contributed by atoms with Crippen LogP contribution < -0.4 is 10.9 Å². The predicted molar refractivity (Wildman–Crippen MR) is 94.8 cm³/mol. The highest BCUT2D eigenvalue weighted by atomic mass is 19.1. The Labute approximate surface area is 153 Å². The van der Waals surface area contributed by atoms with Crippen molar-refractivity contribution in [3.05, 3.63) is 69.2 Å². The van der Waals surface area contributed by atoms with Gasteiger partial charge >= 0.3 is 0 Å². The van der Waals surface area contributed by atoms with E-state index in [2.05, 4.69) is 20.4 Å². The molecule has 3 aromatic rings. The van der Waals surface area contributed by atoms with Crippen LogP contribution in [-0.4, -0.2) is 27.5 Å². The molecule has 138 valence electrons. The minimum absolute atomic E-state index is 0.107. The van der Waals surface area contributed by atoms with E-state index in [-0.39, 0.29) is 35.9 Å². The number of Topliss-reactive ketones (excluding diaryl/α,β-unsaturated/α-hetero) is 1. The van der Waals surface area contributed by atoms with Gasteiger partial charge < -0.3 is 14.8 Å². The summed E-state index contributed by atoms with van der Waals surface area (Å²) in [5.41, 5.74) is 2.30. The molecular weight excluding hydrogens is 351 g/mol. The van der Waals surface area contributed by atoms with Crippen LogP contribution in [0.25, 0.3) is 11.4 Å². The van der Waals surface area contributed by atoms with Gasteiger partial charge in [0.1, 0.15) is 5.82 Å². The number of halogens is 1. The predicted octanol–water partition coefficient (Wildman–Crippen LogP) is 2.03. The first-order chi connectivity index (χ1) is 13.1. The fourth-order valence-corrected chi connectivity index (χ4v) is 3.09. The number of aryl methyl sites for hydroxylation is 1. The first-order valence-corrected chi connectivity index (χ1v) is 8.67. The van der Waals surface area contributed by atoms with E-state index in [1.54, 1.807) is 12.1 Å². The number of carbonyl (C=O) groups is 1. The van der Waals surface area contributed by atoms with Gasteiger partial charge in [0.05, 0.1) is 5.56 Å². The maximum Gasteiger partial charge on any atom is 0.259 e. The fraction of sp³-hybridized carbons (Fsp3) is 0.263. The minimum atomic E-state index is -0.456. The van der Waals surface area contributed by atoms with E-state index < -0.39 is 5.82 Å². The number of aromatic nitrogens is 3. The Kier molecular flexibility index (Phi) is 4.64. The summed E-state index contributed by atoms with van der Waals surface area (Å²) < 4.78 is 18.4. The zero-order chi connectivity index (χ0) is 18.8. The number of pyridine rings is 1. The maximum absolute atomic E-state index is 13.2. The van der Waals surface area contributed by atoms with Crippen molar-refractivity contribution < 1.29 is 13.7 Å². The molecule has 2 N–H and O–H groups in total. The van der Waals surface area contributed by atoms with Gasteiger partial charge in [-0.25, -0.2) is 4.39 Å². The molecule has 3 heterocycles. The highest BCUT2D eigenvalue weighted by molar-refractivity contribution is 5.96. The number of aromatic amines is 1. The lowest BCUT2D eigenvalue weighted by Gasteiger charge is -2.16. The van der Waals surface area contributed by atoms with Crippen LogP contribution in [0, 0.1) is 5.82 Å². The van der Waals surface area contributed by atoms with E-state index in [0.717, 1.165) is 24.2 Å². The summed E-state index contributed by atoms with van der Waals surface area (Å²) in [6.45, 7) is 1.50. The van der Waals surface area contributed by atoms with E-state index in [1.807, 2.05) is 0 Å². The number of rotatable bonds is 5. The van der Waals surface area contributed by atoms with Crippen LogP contribution >= 0.6 is 0 Å². The molecule has 27 heavy (non-hydrogen) atoms. The summed E-state index contributed by atoms with van der Waals surface area (Å²) in [5.74, 6) is -0.225. The molecule has 1 aliphatic rings. The Morgan fingerprint density at radius 2 is 2.19 bits per heavy atom. The van der Waals surface area contributed by atoms with Crippen LogP contribution in [0.5, 0.6) is 0 Å². The van der Waals surface area contributed by atoms with Gasteiger partial charge in [0.2, 0.25) is 11.7 Å². The molecule has 0 spiro atoms. The lowest BCUT2D eigenvalue weighted by atomic mass is 10.0. The van der Waals surface area contributed by atoms with Crippen LogP contribution in [0.15, 0.2) is 39.6 Å². The molecule has 0 aliphatic carbocycles. The number of fused-ring (bicyclic) bond motifs is 1. The van der Waals surface area contributed by atoms with Crippen molar-refractivity contribution >= 4 is 5.78 Å². The average molecular weight is 368 g/mol. The van der Waals surface area contributed by atoms with Crippen LogP contribution in [0.3, 0.4) is 0 Å². The Morgan fingerprint density at radius 1 is 1.30 bits per heavy atom. The van der Waals surface area contributed by atoms with Gasteiger partial charge in [-0.2, -0.15) is 4.98 Å². The summed E-state index contributed by atoms with van der Waals surface area (Å²) in [4.78, 5) is 31.5. The molecule has 0 amide bonds. The van der Waals surface area contributed by atoms with Crippen LogP contribution in [0.2, 0.25) is 0 Å². The van der Waals surface area contributed by atoms with Crippen molar-refractivity contribution in [3.63, 3.8) is 0 Å². The van der Waals surface area contributed by atoms with E-state index in [9.17, 15) is 14.0 Å². The zero-order valence-corrected chi connectivity index (χ0v) is 14.4. The average Bonchev–Trinajstić information content (AvgIpc) is 3.14. The number of carbonyl (C=O) groups excluding carboxylic acids is 1. The highest BCUT2D eigenvalue weighted by Crippen LogP contribution is 2.18. The molecule has 7 nitrogen and oxygen atoms in total. The van der Waals surface area contributed by atoms with Crippen molar-refractivity contribution in [3.8, 4) is 11.4 Å². The molecule has 1 aromatic carbocycles. The number of hydrogen-bond donors (Lipinski definition) is 2. The highest BCUT2D eigenvalue weighted by Gasteiger charge is 2.18. The third-order valence-electron chi connectivity index (χ3n) is 4.50. The Morgan fingerprint density at radius 3 is 3.04 bits per heavy atom. The SMILES string of the molecule is O=C(CCc1nc(-c2cc3c([nH]c2=O)CCNC3)no1)c1cccc(F)c1. The number of ketones is 1. The Bertz CT molecular complexity index is 1060. The number of benzene rings is 1. The van der Waals surface area contributed by atoms with Crippen molar-refractivity contribution in [2.75, 3.05) is 6.54 Å². The molecule has 0 bridgehead atoms. The molecule has 1 aliphatic heterocycles. The smallest absolute Gasteiger partial charge is 0.259 e. The van der Waals surface area contributed by atoms with E-state index >= 15 is 0 Å². The first-order valence-electron chi connectivity index (χ1n) is 8.67. The number of H-pyrrole nitrogens is 1. The van der Waals surface area contributed by atoms with Gasteiger partial charge in [-0.1, -0.05) is 17.3 Å². The summed E-state index contributed by atoms with van der Waals surface area (Å²) in [6, 6.07) is 7.30. The first kappa shape index (κ1) is 17.3. The van der Waals surface area contributed by atoms with Gasteiger partial charge in [0, 0.05) is 43.6 Å². The van der Waals surface area contributed by atoms with Gasteiger partial charge in [-0.05, 0) is 23.8 Å². The Hall–Kier alpha value is -3.13. The topological polar surface area (TPSA) is 101 Å². The molecule has 0 saturated carbocycles. The third-order valence-corrected chi connectivity index (χ3v) is 4.50. The summed E-state index contributed by atoms with van der Waals surface area (Å²) >= 11 is 0. The minimum Gasteiger partial charge on any atom is -0.339 e. The number of nitrogens with one attached hydrogen (secondary N) is 2. The normalized spacial score (nSPS) is 13.4. The van der Waals surface area contributed by atoms with E-state index in [1.165, 1.54) is 18.2 Å². The van der Waals surface area contributed by atoms with Crippen LogP contribution in [-0.2, 0) is 19.4 Å². The molecule has 0 saturated heterocycles. The molecule has 2 aromatic heterocycles. The van der Waals surface area contributed by atoms with Crippen molar-refractivity contribution in [1.29, 1.82) is 0 Å². The molecule has 0 atom stereocenters. The largest absolute Gasteiger partial charge is 0.339 e. The molecule has 0 unspecified atom stereocenters. The fourth-order valence-electron chi connectivity index (χ4n) is 3.09. The second-order valence-electron chi connectivity index (χ2n) is 6.39. The molecule has 0 radical (unpaired) electrons. The summed E-state index contributed by atoms with van der Waals surface area (Å²) in [6.07, 6.45) is 1.09. The zero-order valence-electron chi connectivity index (χ0n) is 14.4. The van der Waals surface area contributed by atoms with Crippen LogP contribution in [0.4, 0.5) is 4.39 Å². The molecule has 0 fully saturated rings. The molecule has 4 rings (SSSR count). The van der Waals surface area contributed by atoms with Crippen LogP contribution in [0.1, 0.15) is 33.9 Å². The lowest BCUT2D eigenvalue weighted by Crippen LogP contribution is -2.27. The van der Waals surface area contributed by atoms with Crippen molar-refractivity contribution in [2.24, 2.45) is 0 Å². The second kappa shape index (κ2) is 7.24. The Balaban J connectivity index is 1.49. The number of hydrogen-bond acceptors (Lipinski definition) is 6.